The molecule has 0 fully saturated rings. The highest BCUT2D eigenvalue weighted by Crippen LogP contribution is 2.27. The van der Waals surface area contributed by atoms with Gasteiger partial charge in [0.05, 0.1) is 6.61 Å². The monoisotopic (exact) mass is 390 g/mol. The first kappa shape index (κ1) is 20.1. The summed E-state index contributed by atoms with van der Waals surface area (Å²) in [5.74, 6) is 0.0500. The van der Waals surface area contributed by atoms with Crippen molar-refractivity contribution in [2.45, 2.75) is 13.0 Å². The molecule has 0 bridgehead atoms. The maximum atomic E-state index is 13.0. The zero-order valence-corrected chi connectivity index (χ0v) is 16.1. The Morgan fingerprint density at radius 1 is 0.759 bits per heavy atom. The molecule has 5 heteroatoms. The van der Waals surface area contributed by atoms with E-state index in [0.717, 1.165) is 0 Å². The highest BCUT2D eigenvalue weighted by atomic mass is 16.6. The van der Waals surface area contributed by atoms with Crippen LogP contribution in [-0.4, -0.2) is 25.0 Å². The topological polar surface area (TPSA) is 61.8 Å². The third kappa shape index (κ3) is 5.45. The lowest BCUT2D eigenvalue weighted by Crippen LogP contribution is -2.23. The van der Waals surface area contributed by atoms with Gasteiger partial charge in [0.25, 0.3) is 0 Å². The standard InChI is InChI=1S/C24H22O5/c1-2-27-20-15-9-10-16-21(20)28-17-22(25)29-24(19-13-7-4-8-14-19)23(26)18-11-5-3-6-12-18/h3-16,24H,2,17H2,1H3/t24-/m1/s1. The molecular formula is C24H22O5. The molecule has 3 aromatic carbocycles. The van der Waals surface area contributed by atoms with Crippen molar-refractivity contribution >= 4 is 11.8 Å². The Morgan fingerprint density at radius 3 is 1.93 bits per heavy atom. The van der Waals surface area contributed by atoms with Crippen molar-refractivity contribution in [1.29, 1.82) is 0 Å². The van der Waals surface area contributed by atoms with E-state index in [0.29, 0.717) is 29.2 Å². The number of carbonyl (C=O) groups excluding carboxylic acids is 2. The average Bonchev–Trinajstić information content (AvgIpc) is 2.78. The molecule has 1 atom stereocenters. The number of para-hydroxylation sites is 2. The highest BCUT2D eigenvalue weighted by molar-refractivity contribution is 6.01. The molecule has 0 N–H and O–H groups in total. The summed E-state index contributed by atoms with van der Waals surface area (Å²) < 4.78 is 16.6. The number of carbonyl (C=O) groups is 2. The first-order chi connectivity index (χ1) is 14.2. The lowest BCUT2D eigenvalue weighted by atomic mass is 10.00. The van der Waals surface area contributed by atoms with Crippen molar-refractivity contribution in [3.63, 3.8) is 0 Å². The van der Waals surface area contributed by atoms with Crippen LogP contribution >= 0.6 is 0 Å². The molecule has 29 heavy (non-hydrogen) atoms. The number of ketones is 1. The summed E-state index contributed by atoms with van der Waals surface area (Å²) in [6, 6.07) is 24.8. The van der Waals surface area contributed by atoms with E-state index in [2.05, 4.69) is 0 Å². The second-order valence-corrected chi connectivity index (χ2v) is 6.18. The molecule has 0 unspecified atom stereocenters. The van der Waals surface area contributed by atoms with E-state index in [1.165, 1.54) is 0 Å². The third-order valence-corrected chi connectivity index (χ3v) is 4.14. The summed E-state index contributed by atoms with van der Waals surface area (Å²) in [5.41, 5.74) is 1.07. The van der Waals surface area contributed by atoms with Crippen LogP contribution in [0.15, 0.2) is 84.9 Å². The van der Waals surface area contributed by atoms with Crippen molar-refractivity contribution in [1.82, 2.24) is 0 Å². The Hall–Kier alpha value is -3.60. The fourth-order valence-corrected chi connectivity index (χ4v) is 2.80. The van der Waals surface area contributed by atoms with E-state index in [9.17, 15) is 9.59 Å². The number of hydrogen-bond donors (Lipinski definition) is 0. The van der Waals surface area contributed by atoms with Gasteiger partial charge < -0.3 is 14.2 Å². The maximum Gasteiger partial charge on any atom is 0.345 e. The van der Waals surface area contributed by atoms with Crippen molar-refractivity contribution in [3.05, 3.63) is 96.1 Å². The Labute approximate surface area is 169 Å². The van der Waals surface area contributed by atoms with Gasteiger partial charge in [-0.05, 0) is 19.1 Å². The Bertz CT molecular complexity index is 938. The van der Waals surface area contributed by atoms with Crippen molar-refractivity contribution in [2.24, 2.45) is 0 Å². The Kier molecular flexibility index (Phi) is 7.00. The first-order valence-corrected chi connectivity index (χ1v) is 9.37. The van der Waals surface area contributed by atoms with Crippen LogP contribution in [0.3, 0.4) is 0 Å². The van der Waals surface area contributed by atoms with E-state index in [4.69, 9.17) is 14.2 Å². The number of hydrogen-bond acceptors (Lipinski definition) is 5. The smallest absolute Gasteiger partial charge is 0.345 e. The Balaban J connectivity index is 1.73. The zero-order chi connectivity index (χ0) is 20.5. The minimum atomic E-state index is -1.04. The van der Waals surface area contributed by atoms with Crippen molar-refractivity contribution in [3.8, 4) is 11.5 Å². The molecule has 0 aliphatic rings. The molecule has 0 aliphatic heterocycles. The Morgan fingerprint density at radius 2 is 1.31 bits per heavy atom. The fourth-order valence-electron chi connectivity index (χ4n) is 2.80. The fraction of sp³-hybridized carbons (Fsp3) is 0.167. The number of benzene rings is 3. The minimum Gasteiger partial charge on any atom is -0.490 e. The van der Waals surface area contributed by atoms with E-state index < -0.39 is 12.1 Å². The SMILES string of the molecule is CCOc1ccccc1OCC(=O)O[C@@H](C(=O)c1ccccc1)c1ccccc1. The predicted molar refractivity (Wildman–Crippen MR) is 109 cm³/mol. The van der Waals surface area contributed by atoms with Crippen LogP contribution in [0.25, 0.3) is 0 Å². The summed E-state index contributed by atoms with van der Waals surface area (Å²) in [6.07, 6.45) is -1.04. The molecule has 3 aromatic rings. The summed E-state index contributed by atoms with van der Waals surface area (Å²) in [4.78, 5) is 25.4. The molecule has 0 spiro atoms. The van der Waals surface area contributed by atoms with Crippen LogP contribution in [0, 0.1) is 0 Å². The molecule has 3 rings (SSSR count). The van der Waals surface area contributed by atoms with E-state index >= 15 is 0 Å². The molecule has 0 aromatic heterocycles. The molecule has 0 saturated carbocycles. The molecule has 0 saturated heterocycles. The highest BCUT2D eigenvalue weighted by Gasteiger charge is 2.26. The molecule has 0 radical (unpaired) electrons. The second kappa shape index (κ2) is 10.1. The summed E-state index contributed by atoms with van der Waals surface area (Å²) in [6.45, 7) is 2.01. The number of esters is 1. The van der Waals surface area contributed by atoms with Crippen LogP contribution in [0.5, 0.6) is 11.5 Å². The lowest BCUT2D eigenvalue weighted by molar-refractivity contribution is -0.149. The summed E-state index contributed by atoms with van der Waals surface area (Å²) >= 11 is 0. The largest absolute Gasteiger partial charge is 0.490 e. The summed E-state index contributed by atoms with van der Waals surface area (Å²) in [7, 11) is 0. The maximum absolute atomic E-state index is 13.0. The van der Waals surface area contributed by atoms with Crippen LogP contribution < -0.4 is 9.47 Å². The van der Waals surface area contributed by atoms with Gasteiger partial charge in [0.2, 0.25) is 5.78 Å². The summed E-state index contributed by atoms with van der Waals surface area (Å²) in [5, 5.41) is 0. The number of Topliss-reactive ketones (excluding diaryl/α,β-unsaturated/α-hetero) is 1. The van der Waals surface area contributed by atoms with Gasteiger partial charge in [-0.15, -0.1) is 0 Å². The number of ether oxygens (including phenoxy) is 3. The van der Waals surface area contributed by atoms with Crippen LogP contribution in [0.2, 0.25) is 0 Å². The van der Waals surface area contributed by atoms with Crippen molar-refractivity contribution < 1.29 is 23.8 Å². The van der Waals surface area contributed by atoms with Gasteiger partial charge in [0.1, 0.15) is 0 Å². The predicted octanol–water partition coefficient (Wildman–Crippen LogP) is 4.63. The first-order valence-electron chi connectivity index (χ1n) is 9.37. The van der Waals surface area contributed by atoms with E-state index in [-0.39, 0.29) is 12.4 Å². The van der Waals surface area contributed by atoms with Gasteiger partial charge in [-0.3, -0.25) is 4.79 Å². The zero-order valence-electron chi connectivity index (χ0n) is 16.1. The van der Waals surface area contributed by atoms with Gasteiger partial charge in [0, 0.05) is 11.1 Å². The normalized spacial score (nSPS) is 11.3. The second-order valence-electron chi connectivity index (χ2n) is 6.18. The van der Waals surface area contributed by atoms with Crippen LogP contribution in [0.4, 0.5) is 0 Å². The van der Waals surface area contributed by atoms with Gasteiger partial charge >= 0.3 is 5.97 Å². The molecule has 148 valence electrons. The molecule has 5 nitrogen and oxygen atoms in total. The van der Waals surface area contributed by atoms with Gasteiger partial charge in [-0.2, -0.15) is 0 Å². The molecular weight excluding hydrogens is 368 g/mol. The minimum absolute atomic E-state index is 0.292. The molecule has 0 heterocycles. The van der Waals surface area contributed by atoms with Crippen molar-refractivity contribution in [2.75, 3.05) is 13.2 Å². The van der Waals surface area contributed by atoms with Crippen LogP contribution in [-0.2, 0) is 9.53 Å². The van der Waals surface area contributed by atoms with E-state index in [1.54, 1.807) is 66.7 Å². The molecule has 0 aliphatic carbocycles. The quantitative estimate of drug-likeness (QED) is 0.394. The van der Waals surface area contributed by atoms with Gasteiger partial charge in [-0.25, -0.2) is 4.79 Å². The average molecular weight is 390 g/mol. The number of rotatable bonds is 9. The van der Waals surface area contributed by atoms with E-state index in [1.807, 2.05) is 25.1 Å². The molecule has 0 amide bonds. The van der Waals surface area contributed by atoms with Gasteiger partial charge in [-0.1, -0.05) is 72.8 Å². The van der Waals surface area contributed by atoms with Crippen LogP contribution in [0.1, 0.15) is 28.9 Å². The lowest BCUT2D eigenvalue weighted by Gasteiger charge is -2.18. The van der Waals surface area contributed by atoms with Gasteiger partial charge in [0.15, 0.2) is 24.2 Å². The third-order valence-electron chi connectivity index (χ3n) is 4.14.